The van der Waals surface area contributed by atoms with Crippen LogP contribution in [0.4, 0.5) is 5.82 Å². The smallest absolute Gasteiger partial charge is 0.179 e. The Hall–Kier alpha value is -2.28. The number of Topliss-reactive ketones (excluding diaryl/α,β-unsaturated/α-hetero) is 1. The Balaban J connectivity index is 2.50. The number of rotatable bonds is 4. The van der Waals surface area contributed by atoms with E-state index in [0.29, 0.717) is 11.3 Å². The minimum Gasteiger partial charge on any atom is -0.383 e. The fourth-order valence-corrected chi connectivity index (χ4v) is 2.69. The van der Waals surface area contributed by atoms with Crippen LogP contribution in [0.2, 0.25) is 0 Å². The molecule has 7 heteroatoms. The van der Waals surface area contributed by atoms with E-state index >= 15 is 0 Å². The van der Waals surface area contributed by atoms with E-state index in [1.165, 1.54) is 19.2 Å². The van der Waals surface area contributed by atoms with Gasteiger partial charge >= 0.3 is 0 Å². The third-order valence-electron chi connectivity index (χ3n) is 2.86. The topological polar surface area (TPSA) is 103 Å². The Morgan fingerprint density at radius 2 is 1.95 bits per heavy atom. The Morgan fingerprint density at radius 3 is 2.57 bits per heavy atom. The Labute approximate surface area is 123 Å². The predicted octanol–water partition coefficient (Wildman–Crippen LogP) is 1.26. The summed E-state index contributed by atoms with van der Waals surface area (Å²) in [5, 5.41) is 0. The van der Waals surface area contributed by atoms with Gasteiger partial charge in [-0.3, -0.25) is 9.78 Å². The van der Waals surface area contributed by atoms with Gasteiger partial charge in [0.25, 0.3) is 0 Å². The molecule has 0 aliphatic rings. The largest absolute Gasteiger partial charge is 0.383 e. The molecule has 0 unspecified atom stereocenters. The minimum absolute atomic E-state index is 0.00639. The lowest BCUT2D eigenvalue weighted by atomic mass is 10.1. The minimum atomic E-state index is -3.45. The second-order valence-electron chi connectivity index (χ2n) is 4.79. The molecule has 0 saturated carbocycles. The van der Waals surface area contributed by atoms with Crippen molar-refractivity contribution >= 4 is 21.4 Å². The SMILES string of the molecule is CC(=O)Cc1cc(-c2cnc(N)c(S(C)(=O)=O)c2)ccn1. The van der Waals surface area contributed by atoms with E-state index in [4.69, 9.17) is 5.73 Å². The van der Waals surface area contributed by atoms with Crippen LogP contribution < -0.4 is 5.73 Å². The molecule has 0 aromatic carbocycles. The molecular formula is C14H15N3O3S. The summed E-state index contributed by atoms with van der Waals surface area (Å²) in [4.78, 5) is 19.2. The van der Waals surface area contributed by atoms with Crippen molar-refractivity contribution in [1.82, 2.24) is 9.97 Å². The van der Waals surface area contributed by atoms with Gasteiger partial charge in [-0.2, -0.15) is 0 Å². The summed E-state index contributed by atoms with van der Waals surface area (Å²) in [6.07, 6.45) is 4.38. The summed E-state index contributed by atoms with van der Waals surface area (Å²) in [6.45, 7) is 1.49. The highest BCUT2D eigenvalue weighted by Crippen LogP contribution is 2.25. The lowest BCUT2D eigenvalue weighted by Gasteiger charge is -2.07. The van der Waals surface area contributed by atoms with Gasteiger partial charge in [0.2, 0.25) is 0 Å². The van der Waals surface area contributed by atoms with E-state index in [2.05, 4.69) is 9.97 Å². The molecule has 2 aromatic rings. The van der Waals surface area contributed by atoms with Gasteiger partial charge in [-0.15, -0.1) is 0 Å². The second kappa shape index (κ2) is 5.61. The first-order valence-electron chi connectivity index (χ1n) is 6.17. The van der Waals surface area contributed by atoms with Crippen molar-refractivity contribution in [3.63, 3.8) is 0 Å². The van der Waals surface area contributed by atoms with Crippen LogP contribution in [0.25, 0.3) is 11.1 Å². The van der Waals surface area contributed by atoms with Gasteiger partial charge in [-0.1, -0.05) is 0 Å². The Kier molecular flexibility index (Phi) is 4.04. The van der Waals surface area contributed by atoms with E-state index in [1.54, 1.807) is 18.3 Å². The molecule has 0 aliphatic carbocycles. The number of ketones is 1. The van der Waals surface area contributed by atoms with Crippen LogP contribution in [0.1, 0.15) is 12.6 Å². The zero-order chi connectivity index (χ0) is 15.6. The normalized spacial score (nSPS) is 11.3. The molecule has 2 N–H and O–H groups in total. The molecule has 0 atom stereocenters. The van der Waals surface area contributed by atoms with Crippen LogP contribution in [0.15, 0.2) is 35.5 Å². The second-order valence-corrected chi connectivity index (χ2v) is 6.78. The molecule has 21 heavy (non-hydrogen) atoms. The zero-order valence-corrected chi connectivity index (χ0v) is 12.5. The van der Waals surface area contributed by atoms with Crippen LogP contribution in [0.5, 0.6) is 0 Å². The van der Waals surface area contributed by atoms with Crippen molar-refractivity contribution in [3.05, 3.63) is 36.3 Å². The van der Waals surface area contributed by atoms with Crippen LogP contribution in [-0.4, -0.2) is 30.4 Å². The molecule has 2 aromatic heterocycles. The maximum atomic E-state index is 11.7. The predicted molar refractivity (Wildman–Crippen MR) is 79.4 cm³/mol. The fourth-order valence-electron chi connectivity index (χ4n) is 1.92. The number of sulfone groups is 1. The zero-order valence-electron chi connectivity index (χ0n) is 11.7. The molecular weight excluding hydrogens is 290 g/mol. The van der Waals surface area contributed by atoms with E-state index < -0.39 is 9.84 Å². The summed E-state index contributed by atoms with van der Waals surface area (Å²) < 4.78 is 23.3. The number of hydrogen-bond acceptors (Lipinski definition) is 6. The van der Waals surface area contributed by atoms with Crippen LogP contribution >= 0.6 is 0 Å². The highest BCUT2D eigenvalue weighted by atomic mass is 32.2. The maximum Gasteiger partial charge on any atom is 0.179 e. The number of nitrogen functional groups attached to an aromatic ring is 1. The standard InChI is InChI=1S/C14H15N3O3S/c1-9(18)5-12-6-10(3-4-16-12)11-7-13(21(2,19)20)14(15)17-8-11/h3-4,6-8H,5H2,1-2H3,(H2,15,17). The van der Waals surface area contributed by atoms with Gasteiger partial charge in [0.15, 0.2) is 9.84 Å². The van der Waals surface area contributed by atoms with Crippen molar-refractivity contribution in [3.8, 4) is 11.1 Å². The first kappa shape index (κ1) is 15.1. The van der Waals surface area contributed by atoms with E-state index in [9.17, 15) is 13.2 Å². The molecule has 110 valence electrons. The van der Waals surface area contributed by atoms with Crippen LogP contribution in [-0.2, 0) is 21.1 Å². The van der Waals surface area contributed by atoms with Gasteiger partial charge in [-0.05, 0) is 30.7 Å². The summed E-state index contributed by atoms with van der Waals surface area (Å²) in [5.41, 5.74) is 7.57. The summed E-state index contributed by atoms with van der Waals surface area (Å²) in [7, 11) is -3.45. The lowest BCUT2D eigenvalue weighted by Crippen LogP contribution is -2.05. The average Bonchev–Trinajstić information content (AvgIpc) is 2.37. The monoisotopic (exact) mass is 305 g/mol. The molecule has 0 saturated heterocycles. The molecule has 0 aliphatic heterocycles. The van der Waals surface area contributed by atoms with E-state index in [0.717, 1.165) is 11.8 Å². The number of nitrogens with zero attached hydrogens (tertiary/aromatic N) is 2. The maximum absolute atomic E-state index is 11.7. The van der Waals surface area contributed by atoms with Gasteiger partial charge in [0, 0.05) is 36.3 Å². The van der Waals surface area contributed by atoms with E-state index in [-0.39, 0.29) is 22.9 Å². The Morgan fingerprint density at radius 1 is 1.24 bits per heavy atom. The summed E-state index contributed by atoms with van der Waals surface area (Å²) >= 11 is 0. The third-order valence-corrected chi connectivity index (χ3v) is 3.99. The number of pyridine rings is 2. The van der Waals surface area contributed by atoms with Gasteiger partial charge in [0.1, 0.15) is 16.5 Å². The Bertz CT molecular complexity index is 801. The van der Waals surface area contributed by atoms with Gasteiger partial charge < -0.3 is 5.73 Å². The molecule has 0 amide bonds. The van der Waals surface area contributed by atoms with Crippen molar-refractivity contribution in [1.29, 1.82) is 0 Å². The van der Waals surface area contributed by atoms with Gasteiger partial charge in [-0.25, -0.2) is 13.4 Å². The number of hydrogen-bond donors (Lipinski definition) is 1. The van der Waals surface area contributed by atoms with Crippen molar-refractivity contribution in [2.45, 2.75) is 18.2 Å². The number of carbonyl (C=O) groups excluding carboxylic acids is 1. The first-order chi connectivity index (χ1) is 9.77. The summed E-state index contributed by atoms with van der Waals surface area (Å²) in [5.74, 6) is -0.0221. The van der Waals surface area contributed by atoms with Crippen LogP contribution in [0, 0.1) is 0 Å². The first-order valence-corrected chi connectivity index (χ1v) is 8.07. The summed E-state index contributed by atoms with van der Waals surface area (Å²) in [6, 6.07) is 4.94. The number of carbonyl (C=O) groups is 1. The fraction of sp³-hybridized carbons (Fsp3) is 0.214. The molecule has 0 radical (unpaired) electrons. The highest BCUT2D eigenvalue weighted by molar-refractivity contribution is 7.90. The van der Waals surface area contributed by atoms with Crippen molar-refractivity contribution in [2.75, 3.05) is 12.0 Å². The molecule has 6 nitrogen and oxygen atoms in total. The van der Waals surface area contributed by atoms with Crippen molar-refractivity contribution in [2.24, 2.45) is 0 Å². The van der Waals surface area contributed by atoms with Gasteiger partial charge in [0.05, 0.1) is 0 Å². The third kappa shape index (κ3) is 3.63. The van der Waals surface area contributed by atoms with Crippen molar-refractivity contribution < 1.29 is 13.2 Å². The number of aromatic nitrogens is 2. The number of nitrogens with two attached hydrogens (primary N) is 1. The quantitative estimate of drug-likeness (QED) is 0.912. The molecule has 0 spiro atoms. The number of anilines is 1. The molecule has 0 bridgehead atoms. The molecule has 2 heterocycles. The van der Waals surface area contributed by atoms with E-state index in [1.807, 2.05) is 0 Å². The molecule has 0 fully saturated rings. The highest BCUT2D eigenvalue weighted by Gasteiger charge is 2.14. The average molecular weight is 305 g/mol. The van der Waals surface area contributed by atoms with Crippen LogP contribution in [0.3, 0.4) is 0 Å². The lowest BCUT2D eigenvalue weighted by molar-refractivity contribution is -0.116. The molecule has 2 rings (SSSR count).